The molecule has 3 N–H and O–H groups in total. The highest BCUT2D eigenvalue weighted by molar-refractivity contribution is 5.96. The summed E-state index contributed by atoms with van der Waals surface area (Å²) in [6, 6.07) is 4.06. The second kappa shape index (κ2) is 5.17. The van der Waals surface area contributed by atoms with Gasteiger partial charge in [-0.15, -0.1) is 0 Å². The zero-order valence-electron chi connectivity index (χ0n) is 10.6. The second-order valence-corrected chi connectivity index (χ2v) is 4.71. The van der Waals surface area contributed by atoms with Crippen molar-refractivity contribution < 1.29 is 19.8 Å². The third-order valence-corrected chi connectivity index (χ3v) is 2.89. The molecule has 1 saturated carbocycles. The highest BCUT2D eigenvalue weighted by Gasteiger charge is 2.24. The summed E-state index contributed by atoms with van der Waals surface area (Å²) in [5, 5.41) is 21.3. The van der Waals surface area contributed by atoms with Crippen LogP contribution in [0, 0.1) is 0 Å². The van der Waals surface area contributed by atoms with E-state index in [0.717, 1.165) is 12.8 Å². The zero-order chi connectivity index (χ0) is 14.0. The molecule has 6 heteroatoms. The molecule has 1 aliphatic rings. The van der Waals surface area contributed by atoms with E-state index >= 15 is 0 Å². The lowest BCUT2D eigenvalue weighted by molar-refractivity contribution is -0.121. The van der Waals surface area contributed by atoms with Gasteiger partial charge in [0.1, 0.15) is 0 Å². The van der Waals surface area contributed by atoms with Crippen molar-refractivity contribution in [3.63, 3.8) is 0 Å². The van der Waals surface area contributed by atoms with Gasteiger partial charge in [-0.3, -0.25) is 9.59 Å². The van der Waals surface area contributed by atoms with Crippen molar-refractivity contribution in [3.05, 3.63) is 23.8 Å². The molecule has 19 heavy (non-hydrogen) atoms. The Kier molecular flexibility index (Phi) is 3.59. The van der Waals surface area contributed by atoms with Gasteiger partial charge in [-0.25, -0.2) is 0 Å². The third-order valence-electron chi connectivity index (χ3n) is 2.89. The largest absolute Gasteiger partial charge is 0.504 e. The Bertz CT molecular complexity index is 511. The van der Waals surface area contributed by atoms with E-state index in [1.165, 1.54) is 30.1 Å². The molecule has 0 heterocycles. The monoisotopic (exact) mass is 264 g/mol. The Hall–Kier alpha value is -2.24. The Morgan fingerprint density at radius 1 is 1.32 bits per heavy atom. The van der Waals surface area contributed by atoms with Gasteiger partial charge in [-0.1, -0.05) is 0 Å². The van der Waals surface area contributed by atoms with Crippen LogP contribution in [0.25, 0.3) is 0 Å². The number of rotatable bonds is 4. The van der Waals surface area contributed by atoms with Crippen LogP contribution in [0.2, 0.25) is 0 Å². The fourth-order valence-electron chi connectivity index (χ4n) is 1.67. The topological polar surface area (TPSA) is 89.9 Å². The molecule has 102 valence electrons. The fourth-order valence-corrected chi connectivity index (χ4v) is 1.67. The van der Waals surface area contributed by atoms with E-state index in [1.54, 1.807) is 0 Å². The number of carbonyl (C=O) groups excluding carboxylic acids is 2. The molecule has 0 aromatic heterocycles. The summed E-state index contributed by atoms with van der Waals surface area (Å²) in [7, 11) is 1.51. The van der Waals surface area contributed by atoms with E-state index in [4.69, 9.17) is 0 Å². The van der Waals surface area contributed by atoms with Gasteiger partial charge in [0.2, 0.25) is 5.91 Å². The summed E-state index contributed by atoms with van der Waals surface area (Å²) in [6.07, 6.45) is 1.99. The molecule has 2 rings (SSSR count). The maximum atomic E-state index is 12.0. The predicted octanol–water partition coefficient (Wildman–Crippen LogP) is 0.448. The van der Waals surface area contributed by atoms with E-state index in [2.05, 4.69) is 5.32 Å². The number of phenols is 2. The molecule has 2 amide bonds. The molecule has 6 nitrogen and oxygen atoms in total. The normalized spacial score (nSPS) is 13.9. The van der Waals surface area contributed by atoms with Gasteiger partial charge in [-0.2, -0.15) is 0 Å². The Morgan fingerprint density at radius 3 is 2.58 bits per heavy atom. The standard InChI is InChI=1S/C13H16N2O4/c1-15(7-12(18)14-9-3-4-9)13(19)8-2-5-10(16)11(17)6-8/h2,5-6,9,16-17H,3-4,7H2,1H3,(H,14,18). The summed E-state index contributed by atoms with van der Waals surface area (Å²) in [5.41, 5.74) is 0.219. The summed E-state index contributed by atoms with van der Waals surface area (Å²) in [4.78, 5) is 24.8. The average Bonchev–Trinajstić information content (AvgIpc) is 3.15. The Balaban J connectivity index is 1.97. The summed E-state index contributed by atoms with van der Waals surface area (Å²) in [6.45, 7) is -0.0308. The van der Waals surface area contributed by atoms with Crippen molar-refractivity contribution in [1.82, 2.24) is 10.2 Å². The second-order valence-electron chi connectivity index (χ2n) is 4.71. The number of nitrogens with zero attached hydrogens (tertiary/aromatic N) is 1. The molecule has 0 unspecified atom stereocenters. The van der Waals surface area contributed by atoms with Crippen LogP contribution in [0.15, 0.2) is 18.2 Å². The van der Waals surface area contributed by atoms with Crippen LogP contribution in [0.4, 0.5) is 0 Å². The zero-order valence-corrected chi connectivity index (χ0v) is 10.6. The first-order valence-electron chi connectivity index (χ1n) is 6.04. The van der Waals surface area contributed by atoms with Gasteiger partial charge < -0.3 is 20.4 Å². The molecule has 1 aromatic rings. The van der Waals surface area contributed by atoms with Crippen molar-refractivity contribution in [3.8, 4) is 11.5 Å². The first kappa shape index (κ1) is 13.2. The van der Waals surface area contributed by atoms with Gasteiger partial charge in [0.05, 0.1) is 6.54 Å². The first-order valence-corrected chi connectivity index (χ1v) is 6.04. The van der Waals surface area contributed by atoms with Crippen LogP contribution < -0.4 is 5.32 Å². The number of phenolic OH excluding ortho intramolecular Hbond substituents is 2. The van der Waals surface area contributed by atoms with E-state index < -0.39 is 0 Å². The molecule has 0 bridgehead atoms. The molecule has 0 radical (unpaired) electrons. The smallest absolute Gasteiger partial charge is 0.254 e. The molecule has 1 aromatic carbocycles. The van der Waals surface area contributed by atoms with Crippen molar-refractivity contribution in [2.75, 3.05) is 13.6 Å². The third kappa shape index (κ3) is 3.37. The predicted molar refractivity (Wildman–Crippen MR) is 67.9 cm³/mol. The molecule has 1 fully saturated rings. The molecule has 0 spiro atoms. The van der Waals surface area contributed by atoms with Crippen molar-refractivity contribution >= 4 is 11.8 Å². The number of benzene rings is 1. The summed E-state index contributed by atoms with van der Waals surface area (Å²) in [5.74, 6) is -1.23. The van der Waals surface area contributed by atoms with Crippen molar-refractivity contribution in [2.24, 2.45) is 0 Å². The fraction of sp³-hybridized carbons (Fsp3) is 0.385. The van der Waals surface area contributed by atoms with E-state index in [0.29, 0.717) is 0 Å². The maximum absolute atomic E-state index is 12.0. The van der Waals surface area contributed by atoms with Gasteiger partial charge >= 0.3 is 0 Å². The highest BCUT2D eigenvalue weighted by atomic mass is 16.3. The summed E-state index contributed by atoms with van der Waals surface area (Å²) < 4.78 is 0. The summed E-state index contributed by atoms with van der Waals surface area (Å²) >= 11 is 0. The molecular formula is C13H16N2O4. The number of hydrogen-bond donors (Lipinski definition) is 3. The van der Waals surface area contributed by atoms with Crippen molar-refractivity contribution in [2.45, 2.75) is 18.9 Å². The van der Waals surface area contributed by atoms with Gasteiger partial charge in [0, 0.05) is 18.7 Å². The molecular weight excluding hydrogens is 248 g/mol. The number of carbonyl (C=O) groups is 2. The SMILES string of the molecule is CN(CC(=O)NC1CC1)C(=O)c1ccc(O)c(O)c1. The van der Waals surface area contributed by atoms with Crippen LogP contribution >= 0.6 is 0 Å². The van der Waals surface area contributed by atoms with Gasteiger partial charge in [-0.05, 0) is 31.0 Å². The lowest BCUT2D eigenvalue weighted by atomic mass is 10.2. The highest BCUT2D eigenvalue weighted by Crippen LogP contribution is 2.25. The van der Waals surface area contributed by atoms with Gasteiger partial charge in [0.15, 0.2) is 11.5 Å². The van der Waals surface area contributed by atoms with Gasteiger partial charge in [0.25, 0.3) is 5.91 Å². The van der Waals surface area contributed by atoms with Crippen LogP contribution in [0.3, 0.4) is 0 Å². The van der Waals surface area contributed by atoms with Crippen molar-refractivity contribution in [1.29, 1.82) is 0 Å². The lowest BCUT2D eigenvalue weighted by Crippen LogP contribution is -2.39. The number of hydrogen-bond acceptors (Lipinski definition) is 4. The van der Waals surface area contributed by atoms with E-state index in [1.807, 2.05) is 0 Å². The minimum Gasteiger partial charge on any atom is -0.504 e. The Labute approximate surface area is 110 Å². The van der Waals surface area contributed by atoms with E-state index in [9.17, 15) is 19.8 Å². The Morgan fingerprint density at radius 2 is 2.00 bits per heavy atom. The van der Waals surface area contributed by atoms with Crippen LogP contribution in [0.1, 0.15) is 23.2 Å². The molecule has 0 atom stereocenters. The van der Waals surface area contributed by atoms with Crippen LogP contribution in [0.5, 0.6) is 11.5 Å². The number of nitrogens with one attached hydrogen (secondary N) is 1. The quantitative estimate of drug-likeness (QED) is 0.689. The average molecular weight is 264 g/mol. The first-order chi connectivity index (χ1) is 8.97. The molecule has 0 aliphatic heterocycles. The molecule has 0 saturated heterocycles. The minimum atomic E-state index is -0.388. The minimum absolute atomic E-state index is 0.0308. The molecule has 1 aliphatic carbocycles. The van der Waals surface area contributed by atoms with Crippen LogP contribution in [-0.2, 0) is 4.79 Å². The maximum Gasteiger partial charge on any atom is 0.254 e. The lowest BCUT2D eigenvalue weighted by Gasteiger charge is -2.17. The van der Waals surface area contributed by atoms with Crippen LogP contribution in [-0.4, -0.2) is 46.6 Å². The number of aromatic hydroxyl groups is 2. The van der Waals surface area contributed by atoms with E-state index in [-0.39, 0.29) is 41.5 Å². The number of amides is 2. The number of likely N-dealkylation sites (N-methyl/N-ethyl adjacent to an activating group) is 1.